The summed E-state index contributed by atoms with van der Waals surface area (Å²) in [6, 6.07) is 16.7. The van der Waals surface area contributed by atoms with E-state index in [9.17, 15) is 15.4 Å². The standard InChI is InChI=1S/C20H12ClN5O3S/c21-15-4-1-3-13(9-15)19-23-25(20(30)24(19)12-17-5-2-8-29-17)18-7-6-16(26(27)28)10-14(18)11-22/h1-10H,12H2. The molecule has 0 fully saturated rings. The van der Waals surface area contributed by atoms with Gasteiger partial charge in [0.1, 0.15) is 11.8 Å². The van der Waals surface area contributed by atoms with Crippen LogP contribution >= 0.6 is 23.8 Å². The number of furan rings is 1. The molecule has 0 aliphatic heterocycles. The molecule has 0 amide bonds. The number of hydrogen-bond donors (Lipinski definition) is 0. The van der Waals surface area contributed by atoms with Crippen molar-refractivity contribution in [3.05, 3.63) is 92.1 Å². The highest BCUT2D eigenvalue weighted by Gasteiger charge is 2.19. The van der Waals surface area contributed by atoms with E-state index in [1.54, 1.807) is 35.1 Å². The first-order valence-corrected chi connectivity index (χ1v) is 9.43. The molecule has 10 heteroatoms. The SMILES string of the molecule is N#Cc1cc([N+](=O)[O-])ccc1-n1nc(-c2cccc(Cl)c2)n(Cc2ccco2)c1=S. The molecule has 4 rings (SSSR count). The number of aromatic nitrogens is 3. The summed E-state index contributed by atoms with van der Waals surface area (Å²) in [6.07, 6.45) is 1.56. The highest BCUT2D eigenvalue weighted by molar-refractivity contribution is 7.71. The van der Waals surface area contributed by atoms with Crippen molar-refractivity contribution in [1.29, 1.82) is 5.26 Å². The Balaban J connectivity index is 1.93. The average Bonchev–Trinajstić information content (AvgIpc) is 3.36. The molecule has 0 atom stereocenters. The average molecular weight is 438 g/mol. The van der Waals surface area contributed by atoms with Gasteiger partial charge in [-0.2, -0.15) is 5.26 Å². The summed E-state index contributed by atoms with van der Waals surface area (Å²) in [6.45, 7) is 0.308. The quantitative estimate of drug-likeness (QED) is 0.243. The molecule has 0 saturated carbocycles. The second-order valence-electron chi connectivity index (χ2n) is 6.26. The lowest BCUT2D eigenvalue weighted by molar-refractivity contribution is -0.384. The van der Waals surface area contributed by atoms with Crippen molar-refractivity contribution in [2.45, 2.75) is 6.54 Å². The molecular formula is C20H12ClN5O3S. The van der Waals surface area contributed by atoms with Gasteiger partial charge in [-0.25, -0.2) is 4.68 Å². The van der Waals surface area contributed by atoms with E-state index in [-0.39, 0.29) is 11.3 Å². The fraction of sp³-hybridized carbons (Fsp3) is 0.0500. The summed E-state index contributed by atoms with van der Waals surface area (Å²) in [5.41, 5.74) is 0.960. The van der Waals surface area contributed by atoms with E-state index < -0.39 is 4.92 Å². The molecule has 0 N–H and O–H groups in total. The smallest absolute Gasteiger partial charge is 0.270 e. The van der Waals surface area contributed by atoms with Gasteiger partial charge in [0, 0.05) is 22.7 Å². The number of benzene rings is 2. The summed E-state index contributed by atoms with van der Waals surface area (Å²) in [7, 11) is 0. The third kappa shape index (κ3) is 3.61. The minimum absolute atomic E-state index is 0.0839. The molecule has 0 saturated heterocycles. The number of nitro benzene ring substituents is 1. The predicted molar refractivity (Wildman–Crippen MR) is 112 cm³/mol. The molecule has 0 bridgehead atoms. The van der Waals surface area contributed by atoms with E-state index >= 15 is 0 Å². The third-order valence-electron chi connectivity index (χ3n) is 4.38. The van der Waals surface area contributed by atoms with E-state index in [0.717, 1.165) is 5.56 Å². The Hall–Kier alpha value is -3.74. The number of nitrogens with zero attached hydrogens (tertiary/aromatic N) is 5. The van der Waals surface area contributed by atoms with Crippen LogP contribution in [0.1, 0.15) is 11.3 Å². The zero-order valence-electron chi connectivity index (χ0n) is 15.2. The molecule has 0 aliphatic rings. The van der Waals surface area contributed by atoms with Crippen LogP contribution in [0.3, 0.4) is 0 Å². The second kappa shape index (κ2) is 7.94. The number of nitro groups is 1. The van der Waals surface area contributed by atoms with Gasteiger partial charge in [0.15, 0.2) is 5.82 Å². The molecule has 8 nitrogen and oxygen atoms in total. The van der Waals surface area contributed by atoms with Crippen LogP contribution in [0.25, 0.3) is 17.1 Å². The minimum Gasteiger partial charge on any atom is -0.467 e. The van der Waals surface area contributed by atoms with Crippen LogP contribution in [0.5, 0.6) is 0 Å². The van der Waals surface area contributed by atoms with Crippen LogP contribution in [-0.2, 0) is 6.54 Å². The van der Waals surface area contributed by atoms with Gasteiger partial charge >= 0.3 is 0 Å². The molecular weight excluding hydrogens is 426 g/mol. The third-order valence-corrected chi connectivity index (χ3v) is 5.01. The van der Waals surface area contributed by atoms with Crippen LogP contribution < -0.4 is 0 Å². The number of halogens is 1. The highest BCUT2D eigenvalue weighted by atomic mass is 35.5. The first-order chi connectivity index (χ1) is 14.5. The van der Waals surface area contributed by atoms with Crippen molar-refractivity contribution in [1.82, 2.24) is 14.3 Å². The molecule has 0 aliphatic carbocycles. The van der Waals surface area contributed by atoms with Crippen LogP contribution in [0, 0.1) is 26.2 Å². The van der Waals surface area contributed by atoms with Gasteiger partial charge in [0.25, 0.3) is 5.69 Å². The Kier molecular flexibility index (Phi) is 5.18. The van der Waals surface area contributed by atoms with Crippen molar-refractivity contribution in [3.63, 3.8) is 0 Å². The number of non-ortho nitro benzene ring substituents is 1. The van der Waals surface area contributed by atoms with Crippen molar-refractivity contribution in [2.75, 3.05) is 0 Å². The fourth-order valence-corrected chi connectivity index (χ4v) is 3.49. The molecule has 2 aromatic heterocycles. The Labute approximate surface area is 180 Å². The van der Waals surface area contributed by atoms with E-state index in [0.29, 0.717) is 33.6 Å². The Bertz CT molecular complexity index is 1350. The van der Waals surface area contributed by atoms with Gasteiger partial charge in [0.2, 0.25) is 4.77 Å². The Morgan fingerprint density at radius 3 is 2.73 bits per heavy atom. The molecule has 4 aromatic rings. The van der Waals surface area contributed by atoms with Gasteiger partial charge in [0.05, 0.1) is 29.0 Å². The van der Waals surface area contributed by atoms with Crippen LogP contribution in [-0.4, -0.2) is 19.3 Å². The van der Waals surface area contributed by atoms with Crippen molar-refractivity contribution < 1.29 is 9.34 Å². The van der Waals surface area contributed by atoms with Gasteiger partial charge in [-0.05, 0) is 42.5 Å². The van der Waals surface area contributed by atoms with Crippen molar-refractivity contribution in [3.8, 4) is 23.1 Å². The topological polar surface area (TPSA) is 103 Å². The number of hydrogen-bond acceptors (Lipinski definition) is 6. The maximum absolute atomic E-state index is 11.1. The predicted octanol–water partition coefficient (Wildman–Crippen LogP) is 5.14. The first-order valence-electron chi connectivity index (χ1n) is 8.65. The molecule has 148 valence electrons. The van der Waals surface area contributed by atoms with Gasteiger partial charge in [-0.1, -0.05) is 23.7 Å². The monoisotopic (exact) mass is 437 g/mol. The van der Waals surface area contributed by atoms with Gasteiger partial charge < -0.3 is 4.42 Å². The second-order valence-corrected chi connectivity index (χ2v) is 7.07. The maximum atomic E-state index is 11.1. The summed E-state index contributed by atoms with van der Waals surface area (Å²) >= 11 is 11.8. The molecule has 0 unspecified atom stereocenters. The maximum Gasteiger partial charge on any atom is 0.270 e. The van der Waals surface area contributed by atoms with Crippen molar-refractivity contribution in [2.24, 2.45) is 0 Å². The van der Waals surface area contributed by atoms with Crippen LogP contribution in [0.4, 0.5) is 5.69 Å². The largest absolute Gasteiger partial charge is 0.467 e. The normalized spacial score (nSPS) is 10.7. The Morgan fingerprint density at radius 2 is 2.07 bits per heavy atom. The summed E-state index contributed by atoms with van der Waals surface area (Å²) < 4.78 is 8.92. The van der Waals surface area contributed by atoms with Crippen LogP contribution in [0.15, 0.2) is 65.3 Å². The van der Waals surface area contributed by atoms with Gasteiger partial charge in [-0.3, -0.25) is 14.7 Å². The molecule has 30 heavy (non-hydrogen) atoms. The zero-order valence-corrected chi connectivity index (χ0v) is 16.8. The lowest BCUT2D eigenvalue weighted by Gasteiger charge is -2.05. The summed E-state index contributed by atoms with van der Waals surface area (Å²) in [5.74, 6) is 1.18. The van der Waals surface area contributed by atoms with Crippen LogP contribution in [0.2, 0.25) is 5.02 Å². The lowest BCUT2D eigenvalue weighted by atomic mass is 10.2. The zero-order chi connectivity index (χ0) is 21.3. The molecule has 0 spiro atoms. The van der Waals surface area contributed by atoms with E-state index in [2.05, 4.69) is 5.10 Å². The number of rotatable bonds is 5. The fourth-order valence-electron chi connectivity index (χ4n) is 3.01. The lowest BCUT2D eigenvalue weighted by Crippen LogP contribution is -2.04. The first kappa shape index (κ1) is 19.6. The van der Waals surface area contributed by atoms with Crippen molar-refractivity contribution >= 4 is 29.5 Å². The van der Waals surface area contributed by atoms with Gasteiger partial charge in [-0.15, -0.1) is 5.10 Å². The molecule has 2 aromatic carbocycles. The van der Waals surface area contributed by atoms with E-state index in [1.165, 1.54) is 22.9 Å². The minimum atomic E-state index is -0.559. The Morgan fingerprint density at radius 1 is 1.23 bits per heavy atom. The van der Waals surface area contributed by atoms with E-state index in [4.69, 9.17) is 28.2 Å². The molecule has 2 heterocycles. The number of nitriles is 1. The summed E-state index contributed by atoms with van der Waals surface area (Å²) in [5, 5.41) is 25.7. The highest BCUT2D eigenvalue weighted by Crippen LogP contribution is 2.26. The summed E-state index contributed by atoms with van der Waals surface area (Å²) in [4.78, 5) is 10.5. The van der Waals surface area contributed by atoms with E-state index in [1.807, 2.05) is 18.2 Å². The molecule has 0 radical (unpaired) electrons.